The van der Waals surface area contributed by atoms with E-state index in [-0.39, 0.29) is 11.9 Å². The first kappa shape index (κ1) is 18.9. The topological polar surface area (TPSA) is 49.9 Å². The number of benzene rings is 1. The fourth-order valence-electron chi connectivity index (χ4n) is 4.16. The van der Waals surface area contributed by atoms with E-state index in [1.54, 1.807) is 22.5 Å². The highest BCUT2D eigenvalue weighted by Crippen LogP contribution is 2.39. The van der Waals surface area contributed by atoms with Crippen molar-refractivity contribution in [1.29, 1.82) is 0 Å². The Hall–Kier alpha value is -1.48. The number of ether oxygens (including phenoxy) is 1. The quantitative estimate of drug-likeness (QED) is 0.776. The predicted octanol–water partition coefficient (Wildman–Crippen LogP) is 3.28. The van der Waals surface area contributed by atoms with Gasteiger partial charge in [0.05, 0.1) is 7.11 Å². The molecule has 1 aromatic carbocycles. The first-order chi connectivity index (χ1) is 12.9. The number of fused-ring (bicyclic) bond motifs is 4. The zero-order valence-corrected chi connectivity index (χ0v) is 17.0. The van der Waals surface area contributed by atoms with E-state index < -0.39 is 10.0 Å². The van der Waals surface area contributed by atoms with Crippen molar-refractivity contribution in [3.63, 3.8) is 0 Å². The Morgan fingerprint density at radius 1 is 1.15 bits per heavy atom. The van der Waals surface area contributed by atoms with Crippen molar-refractivity contribution in [2.24, 2.45) is 5.92 Å². The molecule has 0 unspecified atom stereocenters. The Balaban J connectivity index is 1.68. The highest BCUT2D eigenvalue weighted by atomic mass is 32.2. The molecule has 5 rings (SSSR count). The minimum Gasteiger partial charge on any atom is -0.496 e. The lowest BCUT2D eigenvalue weighted by Gasteiger charge is -2.34. The maximum Gasteiger partial charge on any atom is 0.252 e. The van der Waals surface area contributed by atoms with Crippen molar-refractivity contribution < 1.29 is 17.5 Å². The maximum atomic E-state index is 13.7. The summed E-state index contributed by atoms with van der Waals surface area (Å²) in [7, 11) is 0.0109. The Morgan fingerprint density at radius 3 is 2.74 bits per heavy atom. The van der Waals surface area contributed by atoms with Crippen LogP contribution in [-0.4, -0.2) is 57.5 Å². The first-order valence-corrected chi connectivity index (χ1v) is 11.3. The smallest absolute Gasteiger partial charge is 0.252 e. The second-order valence-corrected chi connectivity index (χ2v) is 10.6. The van der Waals surface area contributed by atoms with E-state index >= 15 is 0 Å². The second-order valence-electron chi connectivity index (χ2n) is 7.36. The number of halogens is 1. The molecule has 0 aliphatic carbocycles. The minimum atomic E-state index is -3.57. The van der Waals surface area contributed by atoms with E-state index in [4.69, 9.17) is 4.74 Å². The molecule has 3 fully saturated rings. The second kappa shape index (κ2) is 7.16. The zero-order valence-electron chi connectivity index (χ0n) is 15.4. The fraction of sp³-hybridized carbons (Fsp3) is 0.474. The van der Waals surface area contributed by atoms with Crippen molar-refractivity contribution in [3.05, 3.63) is 36.1 Å². The summed E-state index contributed by atoms with van der Waals surface area (Å²) in [6.07, 6.45) is 1.99. The summed E-state index contributed by atoms with van der Waals surface area (Å²) in [5.74, 6) is 0.528. The molecule has 1 aromatic heterocycles. The summed E-state index contributed by atoms with van der Waals surface area (Å²) in [5.41, 5.74) is 0.570. The van der Waals surface area contributed by atoms with Gasteiger partial charge in [0.25, 0.3) is 10.0 Å². The number of rotatable bonds is 4. The Kier molecular flexibility index (Phi) is 5.00. The number of nitrogens with zero attached hydrogens (tertiary/aromatic N) is 2. The van der Waals surface area contributed by atoms with Crippen molar-refractivity contribution in [1.82, 2.24) is 9.21 Å². The molecule has 0 spiro atoms. The van der Waals surface area contributed by atoms with Gasteiger partial charge in [-0.05, 0) is 56.1 Å². The summed E-state index contributed by atoms with van der Waals surface area (Å²) in [6.45, 7) is 2.29. The average Bonchev–Trinajstić information content (AvgIpc) is 3.00. The molecule has 0 amide bonds. The fourth-order valence-corrected chi connectivity index (χ4v) is 7.34. The molecule has 4 heterocycles. The van der Waals surface area contributed by atoms with Gasteiger partial charge in [0.1, 0.15) is 15.8 Å². The molecule has 3 saturated heterocycles. The third kappa shape index (κ3) is 3.51. The molecule has 2 bridgehead atoms. The van der Waals surface area contributed by atoms with E-state index in [1.165, 1.54) is 30.6 Å². The summed E-state index contributed by atoms with van der Waals surface area (Å²) >= 11 is 1.17. The summed E-state index contributed by atoms with van der Waals surface area (Å²) in [5, 5.41) is 0. The van der Waals surface area contributed by atoms with Crippen molar-refractivity contribution in [2.45, 2.75) is 23.1 Å². The van der Waals surface area contributed by atoms with Crippen LogP contribution in [0.5, 0.6) is 5.75 Å². The van der Waals surface area contributed by atoms with Gasteiger partial charge in [0.2, 0.25) is 0 Å². The molecule has 3 aliphatic rings. The van der Waals surface area contributed by atoms with Gasteiger partial charge < -0.3 is 9.64 Å². The number of piperidine rings is 1. The zero-order chi connectivity index (χ0) is 19.2. The highest BCUT2D eigenvalue weighted by Gasteiger charge is 2.41. The lowest BCUT2D eigenvalue weighted by Crippen LogP contribution is -2.46. The van der Waals surface area contributed by atoms with Crippen LogP contribution in [0.3, 0.4) is 0 Å². The van der Waals surface area contributed by atoms with E-state index in [2.05, 4.69) is 11.9 Å². The van der Waals surface area contributed by atoms with Crippen molar-refractivity contribution in [3.8, 4) is 16.2 Å². The Bertz CT molecular complexity index is 944. The normalized spacial score (nSPS) is 24.1. The van der Waals surface area contributed by atoms with Crippen LogP contribution in [0.25, 0.3) is 10.4 Å². The van der Waals surface area contributed by atoms with Gasteiger partial charge in [0.15, 0.2) is 0 Å². The Labute approximate surface area is 163 Å². The molecule has 146 valence electrons. The summed E-state index contributed by atoms with van der Waals surface area (Å²) in [6, 6.07) is 7.65. The van der Waals surface area contributed by atoms with E-state index in [0.29, 0.717) is 32.9 Å². The summed E-state index contributed by atoms with van der Waals surface area (Å²) in [4.78, 5) is 2.91. The van der Waals surface area contributed by atoms with Gasteiger partial charge in [-0.1, -0.05) is 0 Å². The molecular formula is C19H23FN2O3S2. The molecule has 8 heteroatoms. The SMILES string of the molecule is COc1ccc(F)cc1-c1ccc(S(=O)(=O)N2C[C@H]3CC[C@@H]2CN(C)C3)s1. The van der Waals surface area contributed by atoms with E-state index in [9.17, 15) is 12.8 Å². The third-order valence-corrected chi connectivity index (χ3v) is 8.92. The van der Waals surface area contributed by atoms with Gasteiger partial charge >= 0.3 is 0 Å². The van der Waals surface area contributed by atoms with Gasteiger partial charge in [-0.3, -0.25) is 0 Å². The lowest BCUT2D eigenvalue weighted by atomic mass is 9.97. The predicted molar refractivity (Wildman–Crippen MR) is 104 cm³/mol. The molecule has 0 radical (unpaired) electrons. The van der Waals surface area contributed by atoms with Crippen LogP contribution in [-0.2, 0) is 10.0 Å². The number of hydrogen-bond donors (Lipinski definition) is 0. The molecule has 3 aliphatic heterocycles. The number of likely N-dealkylation sites (N-methyl/N-ethyl adjacent to an activating group) is 1. The van der Waals surface area contributed by atoms with Crippen LogP contribution in [0, 0.1) is 11.7 Å². The van der Waals surface area contributed by atoms with Gasteiger partial charge in [0, 0.05) is 36.1 Å². The third-order valence-electron chi connectivity index (χ3n) is 5.42. The molecule has 5 nitrogen and oxygen atoms in total. The summed E-state index contributed by atoms with van der Waals surface area (Å²) < 4.78 is 47.6. The van der Waals surface area contributed by atoms with Crippen LogP contribution >= 0.6 is 11.3 Å². The Morgan fingerprint density at radius 2 is 1.96 bits per heavy atom. The van der Waals surface area contributed by atoms with Crippen molar-refractivity contribution in [2.75, 3.05) is 33.8 Å². The van der Waals surface area contributed by atoms with Crippen LogP contribution in [0.4, 0.5) is 4.39 Å². The van der Waals surface area contributed by atoms with Gasteiger partial charge in [-0.2, -0.15) is 4.31 Å². The maximum absolute atomic E-state index is 13.7. The molecule has 0 N–H and O–H groups in total. The number of thiophene rings is 1. The van der Waals surface area contributed by atoms with Crippen LogP contribution in [0.2, 0.25) is 0 Å². The molecule has 2 aromatic rings. The average molecular weight is 411 g/mol. The van der Waals surface area contributed by atoms with Crippen LogP contribution in [0.15, 0.2) is 34.5 Å². The van der Waals surface area contributed by atoms with Gasteiger partial charge in [-0.15, -0.1) is 11.3 Å². The largest absolute Gasteiger partial charge is 0.496 e. The van der Waals surface area contributed by atoms with Crippen LogP contribution < -0.4 is 4.74 Å². The van der Waals surface area contributed by atoms with E-state index in [0.717, 1.165) is 25.9 Å². The van der Waals surface area contributed by atoms with Crippen LogP contribution in [0.1, 0.15) is 12.8 Å². The minimum absolute atomic E-state index is 0.0213. The van der Waals surface area contributed by atoms with Crippen molar-refractivity contribution >= 4 is 21.4 Å². The number of hydrogen-bond acceptors (Lipinski definition) is 5. The van der Waals surface area contributed by atoms with E-state index in [1.807, 2.05) is 0 Å². The molecule has 0 saturated carbocycles. The molecular weight excluding hydrogens is 387 g/mol. The number of methoxy groups -OCH3 is 1. The standard InChI is InChI=1S/C19H23FN2O3S2/c1-21-10-13-3-5-15(12-21)22(11-13)27(23,24)19-8-7-18(26-19)16-9-14(20)4-6-17(16)25-2/h4,6-9,13,15H,3,5,10-12H2,1-2H3/t13-,15+/m0/s1. The monoisotopic (exact) mass is 410 g/mol. The molecule has 2 atom stereocenters. The molecule has 27 heavy (non-hydrogen) atoms. The highest BCUT2D eigenvalue weighted by molar-refractivity contribution is 7.91. The lowest BCUT2D eigenvalue weighted by molar-refractivity contribution is 0.229. The van der Waals surface area contributed by atoms with Gasteiger partial charge in [-0.25, -0.2) is 12.8 Å². The number of sulfonamides is 1. The first-order valence-electron chi connectivity index (χ1n) is 9.02.